The first-order chi connectivity index (χ1) is 10.0. The summed E-state index contributed by atoms with van der Waals surface area (Å²) in [5, 5.41) is 22.4. The molecule has 0 aliphatic rings. The molecule has 2 aromatic rings. The van der Waals surface area contributed by atoms with Gasteiger partial charge >= 0.3 is 0 Å². The number of nitriles is 1. The molecule has 0 atom stereocenters. The van der Waals surface area contributed by atoms with E-state index in [-0.39, 0.29) is 23.5 Å². The molecular weight excluding hydrogens is 341 g/mol. The molecule has 0 aromatic heterocycles. The van der Waals surface area contributed by atoms with Crippen molar-refractivity contribution in [1.82, 2.24) is 0 Å². The Bertz CT molecular complexity index is 743. The maximum absolute atomic E-state index is 13.7. The highest BCUT2D eigenvalue weighted by molar-refractivity contribution is 9.10. The molecular formula is C14H9BrFN3O2. The molecule has 106 valence electrons. The van der Waals surface area contributed by atoms with Gasteiger partial charge in [0.25, 0.3) is 5.69 Å². The van der Waals surface area contributed by atoms with Gasteiger partial charge in [-0.2, -0.15) is 5.26 Å². The van der Waals surface area contributed by atoms with Gasteiger partial charge < -0.3 is 5.32 Å². The van der Waals surface area contributed by atoms with Crippen molar-refractivity contribution in [3.63, 3.8) is 0 Å². The largest absolute Gasteiger partial charge is 0.378 e. The monoisotopic (exact) mass is 349 g/mol. The maximum atomic E-state index is 13.7. The van der Waals surface area contributed by atoms with E-state index in [0.717, 1.165) is 6.07 Å². The number of nitrogens with zero attached hydrogens (tertiary/aromatic N) is 2. The molecule has 5 nitrogen and oxygen atoms in total. The average molecular weight is 350 g/mol. The minimum absolute atomic E-state index is 0.0419. The SMILES string of the molecule is N#Cc1ccc(NCc2cc(Br)ccc2[N+](=O)[O-])c(F)c1. The number of nitro benzene ring substituents is 1. The fourth-order valence-corrected chi connectivity index (χ4v) is 2.20. The van der Waals surface area contributed by atoms with Crippen LogP contribution >= 0.6 is 15.9 Å². The Kier molecular flexibility index (Phi) is 4.50. The molecule has 0 amide bonds. The maximum Gasteiger partial charge on any atom is 0.274 e. The molecule has 0 fully saturated rings. The summed E-state index contributed by atoms with van der Waals surface area (Å²) >= 11 is 3.24. The molecule has 1 N–H and O–H groups in total. The molecule has 0 saturated carbocycles. The molecule has 0 unspecified atom stereocenters. The number of anilines is 1. The van der Waals surface area contributed by atoms with Crippen LogP contribution < -0.4 is 5.32 Å². The standard InChI is InChI=1S/C14H9BrFN3O2/c15-11-2-4-14(19(20)21)10(6-11)8-18-13-3-1-9(7-17)5-12(13)16/h1-6,18H,8H2. The van der Waals surface area contributed by atoms with Gasteiger partial charge in [-0.3, -0.25) is 10.1 Å². The van der Waals surface area contributed by atoms with E-state index in [0.29, 0.717) is 10.0 Å². The normalized spacial score (nSPS) is 9.95. The minimum Gasteiger partial charge on any atom is -0.378 e. The average Bonchev–Trinajstić information content (AvgIpc) is 2.45. The van der Waals surface area contributed by atoms with E-state index in [1.54, 1.807) is 12.1 Å². The van der Waals surface area contributed by atoms with Crippen LogP contribution in [0.3, 0.4) is 0 Å². The van der Waals surface area contributed by atoms with Crippen LogP contribution in [0.15, 0.2) is 40.9 Å². The molecule has 0 spiro atoms. The number of halogens is 2. The van der Waals surface area contributed by atoms with Gasteiger partial charge in [0, 0.05) is 22.6 Å². The first-order valence-electron chi connectivity index (χ1n) is 5.87. The first-order valence-corrected chi connectivity index (χ1v) is 6.67. The summed E-state index contributed by atoms with van der Waals surface area (Å²) in [4.78, 5) is 10.5. The van der Waals surface area contributed by atoms with Crippen LogP contribution in [0.25, 0.3) is 0 Å². The Labute approximate surface area is 128 Å². The van der Waals surface area contributed by atoms with Crippen molar-refractivity contribution in [3.8, 4) is 6.07 Å². The molecule has 0 heterocycles. The highest BCUT2D eigenvalue weighted by atomic mass is 79.9. The fourth-order valence-electron chi connectivity index (χ4n) is 1.79. The van der Waals surface area contributed by atoms with Gasteiger partial charge in [0.15, 0.2) is 0 Å². The lowest BCUT2D eigenvalue weighted by Crippen LogP contribution is -2.04. The quantitative estimate of drug-likeness (QED) is 0.668. The molecule has 2 rings (SSSR count). The molecule has 7 heteroatoms. The van der Waals surface area contributed by atoms with Gasteiger partial charge in [0.05, 0.1) is 22.2 Å². The van der Waals surface area contributed by atoms with Crippen molar-refractivity contribution in [1.29, 1.82) is 5.26 Å². The third-order valence-corrected chi connectivity index (χ3v) is 3.30. The van der Waals surface area contributed by atoms with Crippen LogP contribution in [0.4, 0.5) is 15.8 Å². The van der Waals surface area contributed by atoms with Crippen molar-refractivity contribution in [2.24, 2.45) is 0 Å². The van der Waals surface area contributed by atoms with Crippen molar-refractivity contribution in [2.45, 2.75) is 6.54 Å². The number of hydrogen-bond acceptors (Lipinski definition) is 4. The topological polar surface area (TPSA) is 79.0 Å². The lowest BCUT2D eigenvalue weighted by Gasteiger charge is -2.08. The van der Waals surface area contributed by atoms with Crippen LogP contribution in [-0.4, -0.2) is 4.92 Å². The van der Waals surface area contributed by atoms with Crippen molar-refractivity contribution in [2.75, 3.05) is 5.32 Å². The number of nitrogens with one attached hydrogen (secondary N) is 1. The van der Waals surface area contributed by atoms with Crippen molar-refractivity contribution < 1.29 is 9.31 Å². The second-order valence-electron chi connectivity index (χ2n) is 4.19. The zero-order chi connectivity index (χ0) is 15.4. The second-order valence-corrected chi connectivity index (χ2v) is 5.11. The highest BCUT2D eigenvalue weighted by Gasteiger charge is 2.14. The minimum atomic E-state index is -0.577. The van der Waals surface area contributed by atoms with Crippen LogP contribution in [0.2, 0.25) is 0 Å². The summed E-state index contributed by atoms with van der Waals surface area (Å²) in [6.07, 6.45) is 0. The smallest absolute Gasteiger partial charge is 0.274 e. The zero-order valence-electron chi connectivity index (χ0n) is 10.6. The van der Waals surface area contributed by atoms with Gasteiger partial charge in [0.2, 0.25) is 0 Å². The van der Waals surface area contributed by atoms with E-state index >= 15 is 0 Å². The van der Waals surface area contributed by atoms with Crippen molar-refractivity contribution >= 4 is 27.3 Å². The molecule has 21 heavy (non-hydrogen) atoms. The van der Waals surface area contributed by atoms with Crippen LogP contribution in [0.5, 0.6) is 0 Å². The summed E-state index contributed by atoms with van der Waals surface area (Å²) in [5.41, 5.74) is 0.785. The molecule has 0 bridgehead atoms. The zero-order valence-corrected chi connectivity index (χ0v) is 12.2. The number of hydrogen-bond donors (Lipinski definition) is 1. The summed E-state index contributed by atoms with van der Waals surface area (Å²) in [6, 6.07) is 10.4. The Hall–Kier alpha value is -2.46. The van der Waals surface area contributed by atoms with E-state index in [9.17, 15) is 14.5 Å². The van der Waals surface area contributed by atoms with Gasteiger partial charge in [-0.25, -0.2) is 4.39 Å². The highest BCUT2D eigenvalue weighted by Crippen LogP contribution is 2.24. The second kappa shape index (κ2) is 6.33. The predicted molar refractivity (Wildman–Crippen MR) is 79.2 cm³/mol. The lowest BCUT2D eigenvalue weighted by molar-refractivity contribution is -0.385. The number of benzene rings is 2. The van der Waals surface area contributed by atoms with Crippen LogP contribution in [0, 0.1) is 27.3 Å². The summed E-state index contributed by atoms with van der Waals surface area (Å²) in [7, 11) is 0. The molecule has 2 aromatic carbocycles. The first kappa shape index (κ1) is 14.9. The van der Waals surface area contributed by atoms with E-state index in [1.165, 1.54) is 18.2 Å². The van der Waals surface area contributed by atoms with Gasteiger partial charge in [-0.15, -0.1) is 0 Å². The van der Waals surface area contributed by atoms with E-state index in [4.69, 9.17) is 5.26 Å². The Morgan fingerprint density at radius 3 is 2.71 bits per heavy atom. The lowest BCUT2D eigenvalue weighted by atomic mass is 10.1. The third-order valence-electron chi connectivity index (χ3n) is 2.81. The van der Waals surface area contributed by atoms with Crippen molar-refractivity contribution in [3.05, 3.63) is 67.9 Å². The molecule has 0 radical (unpaired) electrons. The Morgan fingerprint density at radius 2 is 2.10 bits per heavy atom. The third kappa shape index (κ3) is 3.55. The van der Waals surface area contributed by atoms with Gasteiger partial charge in [-0.05, 0) is 30.3 Å². The Morgan fingerprint density at radius 1 is 1.33 bits per heavy atom. The summed E-state index contributed by atoms with van der Waals surface area (Å²) < 4.78 is 14.4. The van der Waals surface area contributed by atoms with Gasteiger partial charge in [0.1, 0.15) is 5.82 Å². The van der Waals surface area contributed by atoms with E-state index < -0.39 is 10.7 Å². The summed E-state index contributed by atoms with van der Waals surface area (Å²) in [6.45, 7) is 0.0958. The fraction of sp³-hybridized carbons (Fsp3) is 0.0714. The molecule has 0 saturated heterocycles. The Balaban J connectivity index is 2.22. The van der Waals surface area contributed by atoms with Crippen LogP contribution in [-0.2, 0) is 6.54 Å². The number of rotatable bonds is 4. The van der Waals surface area contributed by atoms with E-state index in [1.807, 2.05) is 6.07 Å². The predicted octanol–water partition coefficient (Wildman–Crippen LogP) is 3.98. The van der Waals surface area contributed by atoms with Crippen LogP contribution in [0.1, 0.15) is 11.1 Å². The van der Waals surface area contributed by atoms with Gasteiger partial charge in [-0.1, -0.05) is 15.9 Å². The number of nitro groups is 1. The van der Waals surface area contributed by atoms with E-state index in [2.05, 4.69) is 21.2 Å². The summed E-state index contributed by atoms with van der Waals surface area (Å²) in [5.74, 6) is -0.577. The molecule has 0 aliphatic carbocycles. The molecule has 0 aliphatic heterocycles.